The van der Waals surface area contributed by atoms with Gasteiger partial charge in [-0.1, -0.05) is 27.7 Å². The fourth-order valence-electron chi connectivity index (χ4n) is 1.74. The first kappa shape index (κ1) is 12.3. The third-order valence-electron chi connectivity index (χ3n) is 2.51. The Bertz CT molecular complexity index is 274. The quantitative estimate of drug-likeness (QED) is 0.699. The van der Waals surface area contributed by atoms with E-state index in [1.807, 2.05) is 6.07 Å². The van der Waals surface area contributed by atoms with Crippen LogP contribution in [0.25, 0.3) is 0 Å². The van der Waals surface area contributed by atoms with E-state index in [0.717, 1.165) is 18.9 Å². The van der Waals surface area contributed by atoms with Gasteiger partial charge in [-0.3, -0.25) is 4.68 Å². The highest BCUT2D eigenvalue weighted by Gasteiger charge is 2.05. The van der Waals surface area contributed by atoms with E-state index in [1.165, 1.54) is 18.5 Å². The molecule has 0 unspecified atom stereocenters. The molecule has 2 heteroatoms. The topological polar surface area (TPSA) is 17.8 Å². The van der Waals surface area contributed by atoms with Crippen molar-refractivity contribution >= 4 is 0 Å². The maximum absolute atomic E-state index is 4.26. The summed E-state index contributed by atoms with van der Waals surface area (Å²) in [7, 11) is 0. The van der Waals surface area contributed by atoms with Gasteiger partial charge in [0, 0.05) is 12.2 Å². The summed E-state index contributed by atoms with van der Waals surface area (Å²) in [6, 6.07) is 2.02. The summed E-state index contributed by atoms with van der Waals surface area (Å²) in [6.07, 6.45) is 6.56. The monoisotopic (exact) mass is 207 g/mol. The molecule has 1 rings (SSSR count). The minimum atomic E-state index is 0.693. The van der Waals surface area contributed by atoms with Crippen LogP contribution in [-0.4, -0.2) is 9.78 Å². The predicted octanol–water partition coefficient (Wildman–Crippen LogP) is 3.32. The minimum absolute atomic E-state index is 0.693. The van der Waals surface area contributed by atoms with Crippen LogP contribution in [0, 0.1) is 18.0 Å². The summed E-state index contributed by atoms with van der Waals surface area (Å²) in [5.74, 6) is 1.48. The Morgan fingerprint density at radius 1 is 1.27 bits per heavy atom. The van der Waals surface area contributed by atoms with Gasteiger partial charge < -0.3 is 0 Å². The first-order chi connectivity index (χ1) is 7.09. The molecule has 0 amide bonds. The van der Waals surface area contributed by atoms with Crippen LogP contribution in [0.1, 0.15) is 46.2 Å². The van der Waals surface area contributed by atoms with E-state index in [-0.39, 0.29) is 0 Å². The second-order valence-electron chi connectivity index (χ2n) is 5.12. The van der Waals surface area contributed by atoms with E-state index in [9.17, 15) is 0 Å². The van der Waals surface area contributed by atoms with Crippen LogP contribution in [0.15, 0.2) is 6.07 Å². The SMILES string of the molecule is CC(C)CCCn1n[c]cc1CC(C)C. The number of rotatable bonds is 6. The minimum Gasteiger partial charge on any atom is -0.269 e. The van der Waals surface area contributed by atoms with Crippen LogP contribution in [0.5, 0.6) is 0 Å². The molecule has 0 saturated carbocycles. The maximum Gasteiger partial charge on any atom is 0.113 e. The molecule has 0 spiro atoms. The smallest absolute Gasteiger partial charge is 0.113 e. The Hall–Kier alpha value is -0.790. The lowest BCUT2D eigenvalue weighted by atomic mass is 10.1. The van der Waals surface area contributed by atoms with Crippen molar-refractivity contribution in [3.05, 3.63) is 18.0 Å². The molecular weight excluding hydrogens is 184 g/mol. The Kier molecular flexibility index (Phi) is 4.86. The van der Waals surface area contributed by atoms with E-state index >= 15 is 0 Å². The van der Waals surface area contributed by atoms with Crippen LogP contribution in [0.3, 0.4) is 0 Å². The standard InChI is InChI=1S/C13H23N2/c1-11(2)6-5-9-15-13(7-8-14-15)10-12(3)4/h7,11-12H,5-6,9-10H2,1-4H3. The van der Waals surface area contributed by atoms with Crippen LogP contribution in [0.2, 0.25) is 0 Å². The zero-order valence-electron chi connectivity index (χ0n) is 10.5. The molecule has 85 valence electrons. The van der Waals surface area contributed by atoms with Gasteiger partial charge in [-0.2, -0.15) is 5.10 Å². The van der Waals surface area contributed by atoms with Gasteiger partial charge in [-0.25, -0.2) is 0 Å². The van der Waals surface area contributed by atoms with Crippen LogP contribution >= 0.6 is 0 Å². The van der Waals surface area contributed by atoms with Crippen molar-refractivity contribution in [1.82, 2.24) is 9.78 Å². The van der Waals surface area contributed by atoms with E-state index in [0.29, 0.717) is 5.92 Å². The number of nitrogens with zero attached hydrogens (tertiary/aromatic N) is 2. The molecule has 1 aromatic heterocycles. The first-order valence-corrected chi connectivity index (χ1v) is 6.02. The Balaban J connectivity index is 2.43. The van der Waals surface area contributed by atoms with Crippen molar-refractivity contribution in [3.8, 4) is 0 Å². The van der Waals surface area contributed by atoms with Gasteiger partial charge in [0.1, 0.15) is 6.20 Å². The third-order valence-corrected chi connectivity index (χ3v) is 2.51. The molecule has 0 aliphatic heterocycles. The van der Waals surface area contributed by atoms with E-state index in [2.05, 4.69) is 43.7 Å². The van der Waals surface area contributed by atoms with Crippen LogP contribution < -0.4 is 0 Å². The molecule has 0 bridgehead atoms. The molecule has 1 radical (unpaired) electrons. The zero-order chi connectivity index (χ0) is 11.3. The predicted molar refractivity (Wildman–Crippen MR) is 63.7 cm³/mol. The fraction of sp³-hybridized carbons (Fsp3) is 0.769. The molecule has 0 fully saturated rings. The van der Waals surface area contributed by atoms with Gasteiger partial charge in [0.15, 0.2) is 0 Å². The number of aryl methyl sites for hydroxylation is 1. The molecule has 0 saturated heterocycles. The summed E-state index contributed by atoms with van der Waals surface area (Å²) in [5, 5.41) is 4.26. The number of aromatic nitrogens is 2. The molecule has 2 nitrogen and oxygen atoms in total. The van der Waals surface area contributed by atoms with Gasteiger partial charge in [0.2, 0.25) is 0 Å². The van der Waals surface area contributed by atoms with E-state index < -0.39 is 0 Å². The molecule has 1 heterocycles. The van der Waals surface area contributed by atoms with Crippen LogP contribution in [-0.2, 0) is 13.0 Å². The molecule has 0 aliphatic rings. The average molecular weight is 207 g/mol. The summed E-state index contributed by atoms with van der Waals surface area (Å²) >= 11 is 0. The first-order valence-electron chi connectivity index (χ1n) is 6.02. The Morgan fingerprint density at radius 2 is 2.00 bits per heavy atom. The fourth-order valence-corrected chi connectivity index (χ4v) is 1.74. The van der Waals surface area contributed by atoms with Gasteiger partial charge in [0.25, 0.3) is 0 Å². The zero-order valence-corrected chi connectivity index (χ0v) is 10.5. The molecule has 0 aliphatic carbocycles. The van der Waals surface area contributed by atoms with Crippen molar-refractivity contribution in [2.75, 3.05) is 0 Å². The summed E-state index contributed by atoms with van der Waals surface area (Å²) in [6.45, 7) is 10.1. The lowest BCUT2D eigenvalue weighted by molar-refractivity contribution is 0.471. The Morgan fingerprint density at radius 3 is 2.60 bits per heavy atom. The highest BCUT2D eigenvalue weighted by molar-refractivity contribution is 5.00. The molecule has 1 aromatic rings. The second-order valence-corrected chi connectivity index (χ2v) is 5.12. The normalized spacial score (nSPS) is 11.6. The molecule has 0 atom stereocenters. The summed E-state index contributed by atoms with van der Waals surface area (Å²) in [5.41, 5.74) is 1.33. The second kappa shape index (κ2) is 5.94. The molecule has 0 N–H and O–H groups in total. The molecule has 15 heavy (non-hydrogen) atoms. The van der Waals surface area contributed by atoms with Gasteiger partial charge in [-0.05, 0) is 37.2 Å². The summed E-state index contributed by atoms with van der Waals surface area (Å²) in [4.78, 5) is 0. The largest absolute Gasteiger partial charge is 0.269 e. The van der Waals surface area contributed by atoms with E-state index in [4.69, 9.17) is 0 Å². The summed E-state index contributed by atoms with van der Waals surface area (Å²) < 4.78 is 2.11. The van der Waals surface area contributed by atoms with Crippen molar-refractivity contribution < 1.29 is 0 Å². The van der Waals surface area contributed by atoms with Crippen molar-refractivity contribution in [2.24, 2.45) is 11.8 Å². The van der Waals surface area contributed by atoms with Gasteiger partial charge in [0.05, 0.1) is 0 Å². The highest BCUT2D eigenvalue weighted by Crippen LogP contribution is 2.10. The maximum atomic E-state index is 4.26. The lowest BCUT2D eigenvalue weighted by Crippen LogP contribution is -2.08. The van der Waals surface area contributed by atoms with Gasteiger partial charge >= 0.3 is 0 Å². The number of hydrogen-bond acceptors (Lipinski definition) is 1. The molecular formula is C13H23N2. The third kappa shape index (κ3) is 4.50. The highest BCUT2D eigenvalue weighted by atomic mass is 15.3. The lowest BCUT2D eigenvalue weighted by Gasteiger charge is -2.10. The van der Waals surface area contributed by atoms with Crippen molar-refractivity contribution in [3.63, 3.8) is 0 Å². The van der Waals surface area contributed by atoms with E-state index in [1.54, 1.807) is 0 Å². The van der Waals surface area contributed by atoms with Crippen molar-refractivity contribution in [2.45, 2.75) is 53.5 Å². The molecule has 0 aromatic carbocycles. The Labute approximate surface area is 93.7 Å². The van der Waals surface area contributed by atoms with Crippen molar-refractivity contribution in [1.29, 1.82) is 0 Å². The van der Waals surface area contributed by atoms with Gasteiger partial charge in [-0.15, -0.1) is 0 Å². The average Bonchev–Trinajstić information content (AvgIpc) is 2.51. The number of hydrogen-bond donors (Lipinski definition) is 0. The van der Waals surface area contributed by atoms with Crippen LogP contribution in [0.4, 0.5) is 0 Å².